The summed E-state index contributed by atoms with van der Waals surface area (Å²) >= 11 is 0. The Morgan fingerprint density at radius 3 is 2.68 bits per heavy atom. The highest BCUT2D eigenvalue weighted by atomic mass is 16.5. The second kappa shape index (κ2) is 9.18. The van der Waals surface area contributed by atoms with Gasteiger partial charge in [-0.2, -0.15) is 5.10 Å². The number of amides is 1. The topological polar surface area (TPSA) is 85.2 Å². The van der Waals surface area contributed by atoms with E-state index in [0.717, 1.165) is 33.9 Å². The van der Waals surface area contributed by atoms with Crippen molar-refractivity contribution in [2.24, 2.45) is 11.8 Å². The van der Waals surface area contributed by atoms with Crippen molar-refractivity contribution in [3.05, 3.63) is 54.2 Å². The molecule has 1 aliphatic heterocycles. The smallest absolute Gasteiger partial charge is 0.224 e. The second-order valence-corrected chi connectivity index (χ2v) is 9.50. The monoisotopic (exact) mass is 460 g/mol. The first-order valence-corrected chi connectivity index (χ1v) is 12.0. The molecule has 34 heavy (non-hydrogen) atoms. The predicted octanol–water partition coefficient (Wildman–Crippen LogP) is 4.23. The molecule has 0 saturated heterocycles. The Kier molecular flexibility index (Phi) is 6.08. The van der Waals surface area contributed by atoms with Crippen molar-refractivity contribution in [1.82, 2.24) is 19.7 Å². The number of benzene rings is 1. The van der Waals surface area contributed by atoms with E-state index in [4.69, 9.17) is 4.74 Å². The lowest BCUT2D eigenvalue weighted by atomic mass is 9.79. The van der Waals surface area contributed by atoms with Crippen LogP contribution in [0.4, 0.5) is 11.5 Å². The summed E-state index contributed by atoms with van der Waals surface area (Å²) in [5.41, 5.74) is 5.08. The number of carbonyl (C=O) groups is 1. The van der Waals surface area contributed by atoms with E-state index in [1.165, 1.54) is 12.8 Å². The maximum absolute atomic E-state index is 12.9. The van der Waals surface area contributed by atoms with Gasteiger partial charge in [-0.15, -0.1) is 0 Å². The van der Waals surface area contributed by atoms with E-state index < -0.39 is 0 Å². The van der Waals surface area contributed by atoms with Gasteiger partial charge >= 0.3 is 0 Å². The van der Waals surface area contributed by atoms with Crippen LogP contribution >= 0.6 is 0 Å². The second-order valence-electron chi connectivity index (χ2n) is 9.50. The Balaban J connectivity index is 1.56. The molecule has 178 valence electrons. The van der Waals surface area contributed by atoms with Crippen molar-refractivity contribution in [3.63, 3.8) is 0 Å². The molecule has 3 heterocycles. The lowest BCUT2D eigenvalue weighted by molar-refractivity contribution is -0.117. The van der Waals surface area contributed by atoms with Crippen molar-refractivity contribution < 1.29 is 9.53 Å². The number of hydrogen-bond acceptors (Lipinski definition) is 6. The van der Waals surface area contributed by atoms with Gasteiger partial charge in [0.05, 0.1) is 43.5 Å². The number of ether oxygens (including phenoxy) is 1. The summed E-state index contributed by atoms with van der Waals surface area (Å²) in [6.07, 6.45) is 9.83. The van der Waals surface area contributed by atoms with Crippen LogP contribution in [0, 0.1) is 18.8 Å². The minimum atomic E-state index is 0.0108. The normalized spacial score (nSPS) is 21.9. The first-order chi connectivity index (χ1) is 16.5. The summed E-state index contributed by atoms with van der Waals surface area (Å²) in [5.74, 6) is 1.60. The van der Waals surface area contributed by atoms with Crippen molar-refractivity contribution in [3.8, 4) is 11.1 Å². The minimum Gasteiger partial charge on any atom is -0.383 e. The average Bonchev–Trinajstić information content (AvgIpc) is 3.56. The SMILES string of the molecule is COCCn1cc(-c2ccc3c(c2)[C@@H](Nc2cnc(C)cn2)C(C)[C@@H](C2CC2)N3C(C)=O)cn1. The molecule has 3 aromatic rings. The lowest BCUT2D eigenvalue weighted by Gasteiger charge is -2.46. The van der Waals surface area contributed by atoms with E-state index in [2.05, 4.69) is 45.5 Å². The van der Waals surface area contributed by atoms with E-state index >= 15 is 0 Å². The Bertz CT molecular complexity index is 1170. The fourth-order valence-corrected chi connectivity index (χ4v) is 5.19. The number of fused-ring (bicyclic) bond motifs is 1. The van der Waals surface area contributed by atoms with Crippen LogP contribution in [0.5, 0.6) is 0 Å². The fourth-order valence-electron chi connectivity index (χ4n) is 5.19. The number of hydrogen-bond donors (Lipinski definition) is 1. The summed E-state index contributed by atoms with van der Waals surface area (Å²) in [6, 6.07) is 6.56. The molecule has 1 amide bonds. The molecule has 5 rings (SSSR count). The zero-order valence-corrected chi connectivity index (χ0v) is 20.2. The quantitative estimate of drug-likeness (QED) is 0.568. The number of methoxy groups -OCH3 is 1. The largest absolute Gasteiger partial charge is 0.383 e. The van der Waals surface area contributed by atoms with E-state index in [1.54, 1.807) is 26.4 Å². The van der Waals surface area contributed by atoms with Gasteiger partial charge in [-0.1, -0.05) is 13.0 Å². The third kappa shape index (κ3) is 4.30. The Morgan fingerprint density at radius 1 is 1.18 bits per heavy atom. The molecular weight excluding hydrogens is 428 g/mol. The van der Waals surface area contributed by atoms with Gasteiger partial charge in [0.2, 0.25) is 5.91 Å². The van der Waals surface area contributed by atoms with Crippen molar-refractivity contribution >= 4 is 17.4 Å². The molecule has 1 unspecified atom stereocenters. The highest BCUT2D eigenvalue weighted by molar-refractivity contribution is 5.94. The maximum atomic E-state index is 12.9. The zero-order valence-electron chi connectivity index (χ0n) is 20.2. The van der Waals surface area contributed by atoms with E-state index in [9.17, 15) is 4.79 Å². The number of aromatic nitrogens is 4. The highest BCUT2D eigenvalue weighted by Crippen LogP contribution is 2.50. The van der Waals surface area contributed by atoms with Gasteiger partial charge in [0.25, 0.3) is 0 Å². The zero-order chi connectivity index (χ0) is 23.8. The Labute approximate surface area is 200 Å². The van der Waals surface area contributed by atoms with E-state index in [0.29, 0.717) is 19.1 Å². The van der Waals surface area contributed by atoms with Crippen LogP contribution < -0.4 is 10.2 Å². The van der Waals surface area contributed by atoms with Crippen LogP contribution in [-0.2, 0) is 16.1 Å². The van der Waals surface area contributed by atoms with Gasteiger partial charge in [0, 0.05) is 43.4 Å². The summed E-state index contributed by atoms with van der Waals surface area (Å²) in [5, 5.41) is 8.13. The molecule has 1 aromatic carbocycles. The lowest BCUT2D eigenvalue weighted by Crippen LogP contribution is -2.51. The van der Waals surface area contributed by atoms with Crippen LogP contribution in [0.2, 0.25) is 0 Å². The van der Waals surface area contributed by atoms with Gasteiger partial charge < -0.3 is 15.0 Å². The number of nitrogens with one attached hydrogen (secondary N) is 1. The average molecular weight is 461 g/mol. The molecule has 0 radical (unpaired) electrons. The van der Waals surface area contributed by atoms with Gasteiger partial charge in [-0.05, 0) is 48.9 Å². The molecule has 1 saturated carbocycles. The number of anilines is 2. The molecular formula is C26H32N6O2. The van der Waals surface area contributed by atoms with Crippen LogP contribution in [0.25, 0.3) is 11.1 Å². The summed E-state index contributed by atoms with van der Waals surface area (Å²) < 4.78 is 7.07. The molecule has 1 N–H and O–H groups in total. The minimum absolute atomic E-state index is 0.0108. The molecule has 8 heteroatoms. The van der Waals surface area contributed by atoms with Gasteiger partial charge in [-0.3, -0.25) is 14.5 Å². The van der Waals surface area contributed by atoms with Gasteiger partial charge in [-0.25, -0.2) is 4.98 Å². The first-order valence-electron chi connectivity index (χ1n) is 12.0. The van der Waals surface area contributed by atoms with Crippen LogP contribution in [0.15, 0.2) is 43.0 Å². The van der Waals surface area contributed by atoms with E-state index in [-0.39, 0.29) is 23.9 Å². The van der Waals surface area contributed by atoms with Crippen LogP contribution in [0.3, 0.4) is 0 Å². The van der Waals surface area contributed by atoms with Crippen molar-refractivity contribution in [2.45, 2.75) is 52.2 Å². The first kappa shape index (κ1) is 22.5. The van der Waals surface area contributed by atoms with Gasteiger partial charge in [0.1, 0.15) is 5.82 Å². The number of aryl methyl sites for hydroxylation is 1. The van der Waals surface area contributed by atoms with E-state index in [1.807, 2.05) is 28.9 Å². The standard InChI is InChI=1S/C26H32N6O2/c1-16-12-28-24(14-27-16)30-25-17(2)26(19-5-6-19)32(18(3)33)23-8-7-20(11-22(23)25)21-13-29-31(15-21)9-10-34-4/h7-8,11-15,17,19,25-26H,5-6,9-10H2,1-4H3,(H,28,30)/t17?,25-,26-/m0/s1. The number of nitrogens with zero attached hydrogens (tertiary/aromatic N) is 5. The molecule has 1 fully saturated rings. The third-order valence-corrected chi connectivity index (χ3v) is 7.00. The third-order valence-electron chi connectivity index (χ3n) is 7.00. The molecule has 0 spiro atoms. The predicted molar refractivity (Wildman–Crippen MR) is 132 cm³/mol. The van der Waals surface area contributed by atoms with Crippen LogP contribution in [-0.4, -0.2) is 45.4 Å². The molecule has 1 aliphatic carbocycles. The molecule has 0 bridgehead atoms. The fraction of sp³-hybridized carbons (Fsp3) is 0.462. The Hall–Kier alpha value is -3.26. The van der Waals surface area contributed by atoms with Crippen molar-refractivity contribution in [1.29, 1.82) is 0 Å². The summed E-state index contributed by atoms with van der Waals surface area (Å²) in [7, 11) is 1.69. The molecule has 3 atom stereocenters. The summed E-state index contributed by atoms with van der Waals surface area (Å²) in [6.45, 7) is 7.18. The highest BCUT2D eigenvalue weighted by Gasteiger charge is 2.47. The molecule has 8 nitrogen and oxygen atoms in total. The number of carbonyl (C=O) groups excluding carboxylic acids is 1. The Morgan fingerprint density at radius 2 is 2.00 bits per heavy atom. The number of rotatable bonds is 7. The molecule has 2 aliphatic rings. The maximum Gasteiger partial charge on any atom is 0.224 e. The van der Waals surface area contributed by atoms with Gasteiger partial charge in [0.15, 0.2) is 0 Å². The summed E-state index contributed by atoms with van der Waals surface area (Å²) in [4.78, 5) is 23.9. The van der Waals surface area contributed by atoms with Crippen molar-refractivity contribution in [2.75, 3.05) is 23.9 Å². The van der Waals surface area contributed by atoms with Crippen LogP contribution in [0.1, 0.15) is 44.0 Å². The molecule has 2 aromatic heterocycles.